The summed E-state index contributed by atoms with van der Waals surface area (Å²) in [6.45, 7) is 4.14. The maximum absolute atomic E-state index is 12.1. The van der Waals surface area contributed by atoms with Gasteiger partial charge in [-0.25, -0.2) is 0 Å². The van der Waals surface area contributed by atoms with E-state index in [0.717, 1.165) is 22.2 Å². The third kappa shape index (κ3) is 2.50. The maximum Gasteiger partial charge on any atom is 0.224 e. The third-order valence-electron chi connectivity index (χ3n) is 4.08. The zero-order chi connectivity index (χ0) is 13.4. The van der Waals surface area contributed by atoms with Crippen LogP contribution in [0.1, 0.15) is 31.0 Å². The Hall–Kier alpha value is -1.77. The summed E-state index contributed by atoms with van der Waals surface area (Å²) < 4.78 is 0. The molecule has 3 heteroatoms. The Morgan fingerprint density at radius 3 is 2.89 bits per heavy atom. The number of aryl methyl sites for hydroxylation is 1. The minimum absolute atomic E-state index is 0.132. The molecule has 1 unspecified atom stereocenters. The Bertz CT molecular complexity index is 610. The van der Waals surface area contributed by atoms with Gasteiger partial charge in [-0.3, -0.25) is 4.79 Å². The highest BCUT2D eigenvalue weighted by molar-refractivity contribution is 5.90. The van der Waals surface area contributed by atoms with Gasteiger partial charge in [0.15, 0.2) is 0 Å². The smallest absolute Gasteiger partial charge is 0.224 e. The van der Waals surface area contributed by atoms with E-state index >= 15 is 0 Å². The molecule has 3 nitrogen and oxygen atoms in total. The number of aromatic amines is 1. The molecule has 0 bridgehead atoms. The highest BCUT2D eigenvalue weighted by Crippen LogP contribution is 2.32. The van der Waals surface area contributed by atoms with Crippen LogP contribution in [-0.2, 0) is 11.2 Å². The van der Waals surface area contributed by atoms with Gasteiger partial charge in [0.25, 0.3) is 0 Å². The standard InChI is InChI=1S/C16H20N2O/c1-10(12-7-8-12)18-16(19)9-14-11(2)17-15-6-4-3-5-13(14)15/h3-6,10,12,17H,7-9H2,1-2H3,(H,18,19). The number of hydrogen-bond acceptors (Lipinski definition) is 1. The van der Waals surface area contributed by atoms with E-state index in [1.165, 1.54) is 12.8 Å². The number of rotatable bonds is 4. The van der Waals surface area contributed by atoms with E-state index in [1.807, 2.05) is 19.1 Å². The highest BCUT2D eigenvalue weighted by Gasteiger charge is 2.29. The number of aromatic nitrogens is 1. The minimum atomic E-state index is 0.132. The molecular formula is C16H20N2O. The molecule has 1 aliphatic rings. The van der Waals surface area contributed by atoms with E-state index in [4.69, 9.17) is 0 Å². The first-order chi connectivity index (χ1) is 9.15. The molecule has 1 heterocycles. The lowest BCUT2D eigenvalue weighted by Crippen LogP contribution is -2.35. The van der Waals surface area contributed by atoms with E-state index in [9.17, 15) is 4.79 Å². The summed E-state index contributed by atoms with van der Waals surface area (Å²) in [5, 5.41) is 4.28. The van der Waals surface area contributed by atoms with E-state index in [2.05, 4.69) is 29.4 Å². The van der Waals surface area contributed by atoms with Crippen molar-refractivity contribution in [2.45, 2.75) is 39.2 Å². The van der Waals surface area contributed by atoms with Crippen LogP contribution in [0.2, 0.25) is 0 Å². The number of amides is 1. The molecule has 1 atom stereocenters. The van der Waals surface area contributed by atoms with Gasteiger partial charge < -0.3 is 10.3 Å². The average molecular weight is 256 g/mol. The summed E-state index contributed by atoms with van der Waals surface area (Å²) in [5.74, 6) is 0.834. The van der Waals surface area contributed by atoms with Crippen LogP contribution in [0.15, 0.2) is 24.3 Å². The molecule has 2 aromatic rings. The predicted molar refractivity (Wildman–Crippen MR) is 77.1 cm³/mol. The molecule has 0 spiro atoms. The molecule has 1 aromatic carbocycles. The van der Waals surface area contributed by atoms with Crippen LogP contribution in [0.3, 0.4) is 0 Å². The molecule has 1 aromatic heterocycles. The molecule has 1 amide bonds. The van der Waals surface area contributed by atoms with Gasteiger partial charge in [-0.15, -0.1) is 0 Å². The molecular weight excluding hydrogens is 236 g/mol. The van der Waals surface area contributed by atoms with E-state index in [1.54, 1.807) is 0 Å². The number of benzene rings is 1. The number of H-pyrrole nitrogens is 1. The summed E-state index contributed by atoms with van der Waals surface area (Å²) in [4.78, 5) is 15.5. The number of nitrogens with one attached hydrogen (secondary N) is 2. The van der Waals surface area contributed by atoms with Gasteiger partial charge >= 0.3 is 0 Å². The third-order valence-corrected chi connectivity index (χ3v) is 4.08. The van der Waals surface area contributed by atoms with Crippen molar-refractivity contribution in [3.63, 3.8) is 0 Å². The summed E-state index contributed by atoms with van der Waals surface area (Å²) in [6, 6.07) is 8.47. The Balaban J connectivity index is 1.76. The Kier molecular flexibility index (Phi) is 3.05. The molecule has 0 aliphatic heterocycles. The Morgan fingerprint density at radius 1 is 1.42 bits per heavy atom. The number of carbonyl (C=O) groups is 1. The summed E-state index contributed by atoms with van der Waals surface area (Å²) in [7, 11) is 0. The summed E-state index contributed by atoms with van der Waals surface area (Å²) >= 11 is 0. The van der Waals surface area contributed by atoms with Gasteiger partial charge in [0.1, 0.15) is 0 Å². The Morgan fingerprint density at radius 2 is 2.16 bits per heavy atom. The maximum atomic E-state index is 12.1. The zero-order valence-corrected chi connectivity index (χ0v) is 11.5. The van der Waals surface area contributed by atoms with Gasteiger partial charge in [0, 0.05) is 22.6 Å². The summed E-state index contributed by atoms with van der Waals surface area (Å²) in [5.41, 5.74) is 3.32. The molecule has 1 fully saturated rings. The molecule has 100 valence electrons. The fourth-order valence-corrected chi connectivity index (χ4v) is 2.74. The van der Waals surface area contributed by atoms with Crippen LogP contribution in [0.5, 0.6) is 0 Å². The topological polar surface area (TPSA) is 44.9 Å². The molecule has 1 saturated carbocycles. The number of fused-ring (bicyclic) bond motifs is 1. The quantitative estimate of drug-likeness (QED) is 0.868. The van der Waals surface area contributed by atoms with E-state index in [0.29, 0.717) is 18.4 Å². The van der Waals surface area contributed by atoms with Crippen LogP contribution >= 0.6 is 0 Å². The van der Waals surface area contributed by atoms with Crippen LogP contribution < -0.4 is 5.32 Å². The average Bonchev–Trinajstić information content (AvgIpc) is 3.17. The molecule has 2 N–H and O–H groups in total. The van der Waals surface area contributed by atoms with Crippen molar-refractivity contribution in [1.82, 2.24) is 10.3 Å². The predicted octanol–water partition coefficient (Wildman–Crippen LogP) is 2.93. The molecule has 3 rings (SSSR count). The first kappa shape index (κ1) is 12.3. The molecule has 0 radical (unpaired) electrons. The SMILES string of the molecule is Cc1[nH]c2ccccc2c1CC(=O)NC(C)C1CC1. The Labute approximate surface area is 113 Å². The molecule has 19 heavy (non-hydrogen) atoms. The largest absolute Gasteiger partial charge is 0.358 e. The van der Waals surface area contributed by atoms with Crippen LogP contribution in [-0.4, -0.2) is 16.9 Å². The van der Waals surface area contributed by atoms with Crippen LogP contribution in [0, 0.1) is 12.8 Å². The van der Waals surface area contributed by atoms with Gasteiger partial charge in [0.05, 0.1) is 6.42 Å². The van der Waals surface area contributed by atoms with E-state index in [-0.39, 0.29) is 5.91 Å². The first-order valence-corrected chi connectivity index (χ1v) is 7.00. The zero-order valence-electron chi connectivity index (χ0n) is 11.5. The fourth-order valence-electron chi connectivity index (χ4n) is 2.74. The fraction of sp³-hybridized carbons (Fsp3) is 0.438. The second-order valence-electron chi connectivity index (χ2n) is 5.64. The van der Waals surface area contributed by atoms with Gasteiger partial charge in [-0.2, -0.15) is 0 Å². The van der Waals surface area contributed by atoms with Crippen molar-refractivity contribution in [1.29, 1.82) is 0 Å². The van der Waals surface area contributed by atoms with Crippen molar-refractivity contribution in [3.8, 4) is 0 Å². The monoisotopic (exact) mass is 256 g/mol. The second kappa shape index (κ2) is 4.72. The first-order valence-electron chi connectivity index (χ1n) is 7.00. The lowest BCUT2D eigenvalue weighted by atomic mass is 10.1. The second-order valence-corrected chi connectivity index (χ2v) is 5.64. The normalized spacial score (nSPS) is 16.5. The lowest BCUT2D eigenvalue weighted by Gasteiger charge is -2.12. The minimum Gasteiger partial charge on any atom is -0.358 e. The van der Waals surface area contributed by atoms with Crippen molar-refractivity contribution in [3.05, 3.63) is 35.5 Å². The van der Waals surface area contributed by atoms with E-state index < -0.39 is 0 Å². The summed E-state index contributed by atoms with van der Waals surface area (Å²) in [6.07, 6.45) is 2.98. The van der Waals surface area contributed by atoms with Crippen molar-refractivity contribution in [2.24, 2.45) is 5.92 Å². The van der Waals surface area contributed by atoms with Crippen molar-refractivity contribution < 1.29 is 4.79 Å². The van der Waals surface area contributed by atoms with Gasteiger partial charge in [-0.1, -0.05) is 18.2 Å². The lowest BCUT2D eigenvalue weighted by molar-refractivity contribution is -0.121. The number of hydrogen-bond donors (Lipinski definition) is 2. The van der Waals surface area contributed by atoms with Crippen molar-refractivity contribution in [2.75, 3.05) is 0 Å². The highest BCUT2D eigenvalue weighted by atomic mass is 16.1. The molecule has 0 saturated heterocycles. The number of para-hydroxylation sites is 1. The van der Waals surface area contributed by atoms with Gasteiger partial charge in [-0.05, 0) is 44.2 Å². The number of carbonyl (C=O) groups excluding carboxylic acids is 1. The van der Waals surface area contributed by atoms with Crippen LogP contribution in [0.4, 0.5) is 0 Å². The molecule has 1 aliphatic carbocycles. The van der Waals surface area contributed by atoms with Crippen molar-refractivity contribution >= 4 is 16.8 Å². The van der Waals surface area contributed by atoms with Gasteiger partial charge in [0.2, 0.25) is 5.91 Å². The van der Waals surface area contributed by atoms with Crippen LogP contribution in [0.25, 0.3) is 10.9 Å².